The maximum Gasteiger partial charge on any atom is 0.407 e. The maximum atomic E-state index is 12.5. The summed E-state index contributed by atoms with van der Waals surface area (Å²) in [5, 5.41) is 15.0. The van der Waals surface area contributed by atoms with Crippen LogP contribution in [0.3, 0.4) is 0 Å². The lowest BCUT2D eigenvalue weighted by Gasteiger charge is -2.46. The Morgan fingerprint density at radius 1 is 1.00 bits per heavy atom. The van der Waals surface area contributed by atoms with Crippen molar-refractivity contribution in [1.82, 2.24) is 10.6 Å². The quantitative estimate of drug-likeness (QED) is 0.595. The van der Waals surface area contributed by atoms with Gasteiger partial charge in [0.05, 0.1) is 5.92 Å². The van der Waals surface area contributed by atoms with Crippen LogP contribution in [0.25, 0.3) is 11.1 Å². The van der Waals surface area contributed by atoms with E-state index in [0.29, 0.717) is 12.8 Å². The van der Waals surface area contributed by atoms with Crippen LogP contribution in [0.4, 0.5) is 4.79 Å². The van der Waals surface area contributed by atoms with Gasteiger partial charge < -0.3 is 20.5 Å². The van der Waals surface area contributed by atoms with Crippen LogP contribution in [0.5, 0.6) is 0 Å². The maximum absolute atomic E-state index is 12.5. The van der Waals surface area contributed by atoms with E-state index in [1.807, 2.05) is 45.0 Å². The Bertz CT molecular complexity index is 1050. The molecule has 0 spiro atoms. The van der Waals surface area contributed by atoms with E-state index in [1.165, 1.54) is 0 Å². The molecular formula is C27H32N2O5. The Labute approximate surface area is 199 Å². The van der Waals surface area contributed by atoms with Crippen molar-refractivity contribution in [1.29, 1.82) is 0 Å². The van der Waals surface area contributed by atoms with E-state index in [1.54, 1.807) is 0 Å². The number of amides is 2. The van der Waals surface area contributed by atoms with Crippen molar-refractivity contribution in [3.63, 3.8) is 0 Å². The fourth-order valence-electron chi connectivity index (χ4n) is 5.50. The van der Waals surface area contributed by atoms with Gasteiger partial charge in [-0.25, -0.2) is 4.79 Å². The summed E-state index contributed by atoms with van der Waals surface area (Å²) in [6.45, 7) is 5.83. The number of ether oxygens (including phenoxy) is 1. The number of hydrogen-bond donors (Lipinski definition) is 3. The lowest BCUT2D eigenvalue weighted by Crippen LogP contribution is -2.53. The molecule has 0 aliphatic heterocycles. The summed E-state index contributed by atoms with van der Waals surface area (Å²) < 4.78 is 5.48. The minimum atomic E-state index is -0.793. The molecule has 3 N–H and O–H groups in total. The largest absolute Gasteiger partial charge is 0.481 e. The Hall–Kier alpha value is -3.35. The number of alkyl carbamates (subject to hydrolysis) is 1. The Balaban J connectivity index is 1.28. The molecular weight excluding hydrogens is 432 g/mol. The molecule has 2 amide bonds. The molecule has 0 saturated heterocycles. The van der Waals surface area contributed by atoms with E-state index in [0.717, 1.165) is 22.3 Å². The van der Waals surface area contributed by atoms with Crippen molar-refractivity contribution >= 4 is 18.0 Å². The monoisotopic (exact) mass is 464 g/mol. The predicted octanol–water partition coefficient (Wildman–Crippen LogP) is 4.17. The number of carbonyl (C=O) groups is 3. The number of carboxylic acids is 1. The number of rotatable bonds is 6. The van der Waals surface area contributed by atoms with E-state index in [-0.39, 0.29) is 36.9 Å². The van der Waals surface area contributed by atoms with Crippen molar-refractivity contribution in [2.24, 2.45) is 17.3 Å². The summed E-state index contributed by atoms with van der Waals surface area (Å²) >= 11 is 0. The number of carbonyl (C=O) groups excluding carboxylic acids is 2. The fourth-order valence-corrected chi connectivity index (χ4v) is 5.50. The van der Waals surface area contributed by atoms with E-state index in [9.17, 15) is 19.5 Å². The van der Waals surface area contributed by atoms with Crippen LogP contribution in [0.2, 0.25) is 0 Å². The van der Waals surface area contributed by atoms with Gasteiger partial charge in [-0.1, -0.05) is 69.3 Å². The van der Waals surface area contributed by atoms with Crippen LogP contribution in [-0.4, -0.2) is 42.3 Å². The molecule has 2 aliphatic carbocycles. The third-order valence-electron chi connectivity index (χ3n) is 7.82. The Kier molecular flexibility index (Phi) is 6.64. The second kappa shape index (κ2) is 9.49. The molecule has 7 heteroatoms. The van der Waals surface area contributed by atoms with Crippen LogP contribution in [0.15, 0.2) is 48.5 Å². The highest BCUT2D eigenvalue weighted by molar-refractivity contribution is 5.83. The van der Waals surface area contributed by atoms with Gasteiger partial charge in [0.15, 0.2) is 0 Å². The lowest BCUT2D eigenvalue weighted by molar-refractivity contribution is -0.150. The van der Waals surface area contributed by atoms with E-state index < -0.39 is 23.4 Å². The normalized spacial score (nSPS) is 22.9. The van der Waals surface area contributed by atoms with Gasteiger partial charge in [0.2, 0.25) is 5.91 Å². The van der Waals surface area contributed by atoms with Crippen molar-refractivity contribution in [2.75, 3.05) is 13.2 Å². The first-order chi connectivity index (χ1) is 16.2. The first-order valence-corrected chi connectivity index (χ1v) is 11.8. The van der Waals surface area contributed by atoms with Crippen LogP contribution in [-0.2, 0) is 14.3 Å². The molecule has 0 radical (unpaired) electrons. The zero-order chi connectivity index (χ0) is 24.5. The molecule has 2 aromatic rings. The third-order valence-corrected chi connectivity index (χ3v) is 7.82. The van der Waals surface area contributed by atoms with E-state index in [4.69, 9.17) is 4.74 Å². The van der Waals surface area contributed by atoms with Crippen molar-refractivity contribution in [2.45, 2.75) is 45.6 Å². The van der Waals surface area contributed by atoms with Crippen molar-refractivity contribution in [3.05, 3.63) is 59.7 Å². The third kappa shape index (κ3) is 4.52. The van der Waals surface area contributed by atoms with Crippen LogP contribution in [0.1, 0.15) is 50.7 Å². The van der Waals surface area contributed by atoms with Gasteiger partial charge in [-0.05, 0) is 46.4 Å². The van der Waals surface area contributed by atoms with Gasteiger partial charge in [0, 0.05) is 12.0 Å². The second-order valence-electron chi connectivity index (χ2n) is 9.93. The summed E-state index contributed by atoms with van der Waals surface area (Å²) in [6, 6.07) is 16.1. The molecule has 3 atom stereocenters. The number of aliphatic carboxylic acids is 1. The van der Waals surface area contributed by atoms with Gasteiger partial charge in [-0.2, -0.15) is 0 Å². The Morgan fingerprint density at radius 2 is 1.59 bits per heavy atom. The summed E-state index contributed by atoms with van der Waals surface area (Å²) in [7, 11) is 0. The highest BCUT2D eigenvalue weighted by Gasteiger charge is 2.46. The molecule has 3 unspecified atom stereocenters. The average Bonchev–Trinajstić information content (AvgIpc) is 3.13. The van der Waals surface area contributed by atoms with Crippen LogP contribution < -0.4 is 10.6 Å². The van der Waals surface area contributed by atoms with Gasteiger partial charge >= 0.3 is 12.1 Å². The smallest absolute Gasteiger partial charge is 0.407 e. The second-order valence-corrected chi connectivity index (χ2v) is 9.93. The molecule has 0 aromatic heterocycles. The molecule has 180 valence electrons. The summed E-state index contributed by atoms with van der Waals surface area (Å²) in [6.07, 6.45) is 0.468. The highest BCUT2D eigenvalue weighted by Crippen LogP contribution is 2.45. The molecule has 0 heterocycles. The number of benzene rings is 2. The zero-order valence-corrected chi connectivity index (χ0v) is 19.8. The predicted molar refractivity (Wildman–Crippen MR) is 128 cm³/mol. The average molecular weight is 465 g/mol. The van der Waals surface area contributed by atoms with Gasteiger partial charge in [0.25, 0.3) is 0 Å². The van der Waals surface area contributed by atoms with Gasteiger partial charge in [-0.3, -0.25) is 9.59 Å². The molecule has 2 aromatic carbocycles. The van der Waals surface area contributed by atoms with Crippen LogP contribution >= 0.6 is 0 Å². The minimum absolute atomic E-state index is 0.0132. The molecule has 7 nitrogen and oxygen atoms in total. The minimum Gasteiger partial charge on any atom is -0.481 e. The fraction of sp³-hybridized carbons (Fsp3) is 0.444. The number of hydrogen-bond acceptors (Lipinski definition) is 4. The SMILES string of the molecule is CC1C(NC(=O)CNC(=O)OCC2c3ccccc3-c3ccccc32)CCC(C(=O)O)C1(C)C. The van der Waals surface area contributed by atoms with E-state index >= 15 is 0 Å². The molecule has 1 fully saturated rings. The summed E-state index contributed by atoms with van der Waals surface area (Å²) in [4.78, 5) is 36.4. The molecule has 34 heavy (non-hydrogen) atoms. The zero-order valence-electron chi connectivity index (χ0n) is 19.8. The summed E-state index contributed by atoms with van der Waals surface area (Å²) in [5.41, 5.74) is 4.12. The van der Waals surface area contributed by atoms with Gasteiger partial charge in [-0.15, -0.1) is 0 Å². The first kappa shape index (κ1) is 23.8. The molecule has 0 bridgehead atoms. The molecule has 2 aliphatic rings. The lowest BCUT2D eigenvalue weighted by atomic mass is 9.61. The number of fused-ring (bicyclic) bond motifs is 3. The summed E-state index contributed by atoms with van der Waals surface area (Å²) in [5.74, 6) is -1.59. The van der Waals surface area contributed by atoms with Crippen LogP contribution in [0, 0.1) is 17.3 Å². The van der Waals surface area contributed by atoms with Crippen molar-refractivity contribution < 1.29 is 24.2 Å². The molecule has 4 rings (SSSR count). The first-order valence-electron chi connectivity index (χ1n) is 11.8. The van der Waals surface area contributed by atoms with Gasteiger partial charge in [0.1, 0.15) is 13.2 Å². The highest BCUT2D eigenvalue weighted by atomic mass is 16.5. The topological polar surface area (TPSA) is 105 Å². The number of nitrogens with one attached hydrogen (secondary N) is 2. The standard InChI is InChI=1S/C27H32N2O5/c1-16-23(13-12-22(25(31)32)27(16,2)3)29-24(30)14-28-26(33)34-15-21-19-10-6-4-8-17(19)18-9-5-7-11-20(18)21/h4-11,16,21-23H,12-15H2,1-3H3,(H,28,33)(H,29,30)(H,31,32). The van der Waals surface area contributed by atoms with E-state index in [2.05, 4.69) is 34.9 Å². The molecule has 1 saturated carbocycles. The number of carboxylic acid groups (broad SMARTS) is 1. The Morgan fingerprint density at radius 3 is 2.18 bits per heavy atom. The van der Waals surface area contributed by atoms with Crippen molar-refractivity contribution in [3.8, 4) is 11.1 Å².